The summed E-state index contributed by atoms with van der Waals surface area (Å²) in [6.45, 7) is 2.39. The van der Waals surface area contributed by atoms with E-state index in [-0.39, 0.29) is 58.0 Å². The third-order valence-electron chi connectivity index (χ3n) is 2.76. The van der Waals surface area contributed by atoms with Crippen molar-refractivity contribution in [3.8, 4) is 0 Å². The molecule has 0 aliphatic carbocycles. The van der Waals surface area contributed by atoms with Gasteiger partial charge in [-0.15, -0.1) is 0 Å². The molecule has 11 heteroatoms. The van der Waals surface area contributed by atoms with Crippen molar-refractivity contribution in [2.24, 2.45) is 0 Å². The molecule has 0 aromatic heterocycles. The fraction of sp³-hybridized carbons (Fsp3) is 1.00. The molecular weight excluding hydrogens is 373 g/mol. The Balaban J connectivity index is -0.000000578. The first-order valence-corrected chi connectivity index (χ1v) is 10.6. The summed E-state index contributed by atoms with van der Waals surface area (Å²) in [7, 11) is -8.88. The van der Waals surface area contributed by atoms with Gasteiger partial charge >= 0.3 is 67.0 Å². The molecule has 5 N–H and O–H groups in total. The van der Waals surface area contributed by atoms with Crippen molar-refractivity contribution in [2.45, 2.75) is 71.1 Å². The van der Waals surface area contributed by atoms with Crippen LogP contribution in [0, 0.1) is 0 Å². The Kier molecular flexibility index (Phi) is 24.0. The molecule has 138 valence electrons. The van der Waals surface area contributed by atoms with Gasteiger partial charge < -0.3 is 24.5 Å². The Labute approximate surface area is 181 Å². The molecule has 0 unspecified atom stereocenters. The summed E-state index contributed by atoms with van der Waals surface area (Å²) in [5.74, 6) is 0. The average Bonchev–Trinajstić information content (AvgIpc) is 2.32. The Morgan fingerprint density at radius 3 is 1.30 bits per heavy atom. The molecule has 0 bridgehead atoms. The van der Waals surface area contributed by atoms with Crippen LogP contribution in [-0.2, 0) is 13.7 Å². The molecule has 0 rings (SSSR count). The van der Waals surface area contributed by atoms with E-state index in [1.54, 1.807) is 0 Å². The fourth-order valence-corrected chi connectivity index (χ4v) is 2.14. The molecular formula is C12H31KO8P2. The van der Waals surface area contributed by atoms with Crippen LogP contribution in [0.4, 0.5) is 0 Å². The molecule has 0 heterocycles. The van der Waals surface area contributed by atoms with Gasteiger partial charge in [0.2, 0.25) is 0 Å². The van der Waals surface area contributed by atoms with Crippen molar-refractivity contribution < 1.29 is 38.1 Å². The molecule has 0 fully saturated rings. The molecule has 0 aliphatic heterocycles. The van der Waals surface area contributed by atoms with Crippen LogP contribution < -0.4 is 0 Å². The summed E-state index contributed by atoms with van der Waals surface area (Å²) in [5, 5.41) is 0. The quantitative estimate of drug-likeness (QED) is 0.189. The Morgan fingerprint density at radius 2 is 1.00 bits per heavy atom. The predicted molar refractivity (Wildman–Crippen MR) is 91.3 cm³/mol. The van der Waals surface area contributed by atoms with Crippen LogP contribution in [0.5, 0.6) is 0 Å². The molecule has 0 radical (unpaired) electrons. The number of unbranched alkanes of at least 4 members (excludes halogenated alkanes) is 9. The van der Waals surface area contributed by atoms with Crippen LogP contribution >= 0.6 is 15.6 Å². The van der Waals surface area contributed by atoms with E-state index in [4.69, 9.17) is 29.0 Å². The molecule has 23 heavy (non-hydrogen) atoms. The molecule has 0 aliphatic rings. The monoisotopic (exact) mass is 404 g/mol. The number of rotatable bonds is 12. The van der Waals surface area contributed by atoms with Gasteiger partial charge in [-0.2, -0.15) is 0 Å². The van der Waals surface area contributed by atoms with Crippen molar-refractivity contribution in [2.75, 3.05) is 6.61 Å². The van der Waals surface area contributed by atoms with Crippen molar-refractivity contribution in [1.82, 2.24) is 0 Å². The van der Waals surface area contributed by atoms with Crippen molar-refractivity contribution in [1.29, 1.82) is 0 Å². The fourth-order valence-electron chi connectivity index (χ4n) is 1.77. The average molecular weight is 404 g/mol. The Morgan fingerprint density at radius 1 is 0.696 bits per heavy atom. The second-order valence-corrected chi connectivity index (χ2v) is 7.28. The molecule has 0 amide bonds. The molecule has 0 saturated heterocycles. The Hall–Kier alpha value is 1.86. The SMILES string of the molecule is CCCCCCCCCCCCOP(=O)(O)O.O=P(O)(O)O.[KH]. The van der Waals surface area contributed by atoms with Crippen LogP contribution in [0.3, 0.4) is 0 Å². The van der Waals surface area contributed by atoms with E-state index in [0.29, 0.717) is 0 Å². The van der Waals surface area contributed by atoms with Crippen LogP contribution in [0.15, 0.2) is 0 Å². The van der Waals surface area contributed by atoms with Crippen LogP contribution in [0.25, 0.3) is 0 Å². The zero-order valence-corrected chi connectivity index (χ0v) is 14.9. The summed E-state index contributed by atoms with van der Waals surface area (Å²) in [6, 6.07) is 0. The maximum absolute atomic E-state index is 10.4. The minimum atomic E-state index is -4.64. The maximum atomic E-state index is 10.4. The summed E-state index contributed by atoms with van der Waals surface area (Å²) < 4.78 is 23.6. The summed E-state index contributed by atoms with van der Waals surface area (Å²) in [4.78, 5) is 38.5. The topological polar surface area (TPSA) is 145 Å². The first kappa shape index (κ1) is 29.6. The first-order valence-electron chi connectivity index (χ1n) is 7.54. The number of hydrogen-bond acceptors (Lipinski definition) is 3. The molecule has 0 aromatic carbocycles. The predicted octanol–water partition coefficient (Wildman–Crippen LogP) is 2.44. The van der Waals surface area contributed by atoms with Gasteiger partial charge in [-0.05, 0) is 6.42 Å². The minimum absolute atomic E-state index is 0. The molecule has 8 nitrogen and oxygen atoms in total. The zero-order chi connectivity index (χ0) is 17.5. The van der Waals surface area contributed by atoms with E-state index in [0.717, 1.165) is 19.3 Å². The van der Waals surface area contributed by atoms with Crippen molar-refractivity contribution in [3.05, 3.63) is 0 Å². The van der Waals surface area contributed by atoms with E-state index in [9.17, 15) is 4.57 Å². The van der Waals surface area contributed by atoms with Gasteiger partial charge in [-0.3, -0.25) is 4.52 Å². The van der Waals surface area contributed by atoms with Crippen molar-refractivity contribution in [3.63, 3.8) is 0 Å². The molecule has 0 saturated carbocycles. The van der Waals surface area contributed by atoms with Gasteiger partial charge in [-0.25, -0.2) is 9.13 Å². The van der Waals surface area contributed by atoms with Crippen molar-refractivity contribution >= 4 is 67.0 Å². The second-order valence-electron chi connectivity index (χ2n) is 5.02. The summed E-state index contributed by atoms with van der Waals surface area (Å²) in [5.41, 5.74) is 0. The van der Waals surface area contributed by atoms with E-state index in [1.165, 1.54) is 44.9 Å². The molecule has 0 aromatic rings. The van der Waals surface area contributed by atoms with Crippen LogP contribution in [-0.4, -0.2) is 82.5 Å². The van der Waals surface area contributed by atoms with Gasteiger partial charge in [0.15, 0.2) is 0 Å². The third kappa shape index (κ3) is 45.3. The summed E-state index contributed by atoms with van der Waals surface area (Å²) in [6.07, 6.45) is 12.0. The van der Waals surface area contributed by atoms with Crippen LogP contribution in [0.2, 0.25) is 0 Å². The van der Waals surface area contributed by atoms with E-state index in [1.807, 2.05) is 0 Å². The van der Waals surface area contributed by atoms with Gasteiger partial charge in [0.25, 0.3) is 0 Å². The van der Waals surface area contributed by atoms with E-state index in [2.05, 4.69) is 11.4 Å². The first-order chi connectivity index (χ1) is 10.1. The third-order valence-corrected chi connectivity index (χ3v) is 3.28. The van der Waals surface area contributed by atoms with Gasteiger partial charge in [-0.1, -0.05) is 64.7 Å². The van der Waals surface area contributed by atoms with Gasteiger partial charge in [0.05, 0.1) is 6.61 Å². The number of phosphoric ester groups is 1. The Bertz CT molecular complexity index is 323. The summed E-state index contributed by atoms with van der Waals surface area (Å²) >= 11 is 0. The zero-order valence-electron chi connectivity index (χ0n) is 13.1. The normalized spacial score (nSPS) is 11.4. The van der Waals surface area contributed by atoms with E-state index >= 15 is 0 Å². The van der Waals surface area contributed by atoms with Gasteiger partial charge in [0, 0.05) is 0 Å². The number of phosphoric acid groups is 2. The standard InChI is InChI=1S/C12H27O4P.K.H3O4P.H/c1-2-3-4-5-6-7-8-9-10-11-12-16-17(13,14)15;;1-5(2,3)4;/h2-12H2,1H3,(H2,13,14,15);;(H3,1,2,3,4);. The molecule has 0 spiro atoms. The second kappa shape index (κ2) is 18.6. The molecule has 0 atom stereocenters. The number of hydrogen-bond donors (Lipinski definition) is 5. The van der Waals surface area contributed by atoms with E-state index < -0.39 is 15.6 Å². The van der Waals surface area contributed by atoms with Gasteiger partial charge in [0.1, 0.15) is 0 Å². The van der Waals surface area contributed by atoms with Crippen LogP contribution in [0.1, 0.15) is 71.1 Å².